The summed E-state index contributed by atoms with van der Waals surface area (Å²) in [5, 5.41) is 4.45. The van der Waals surface area contributed by atoms with Crippen LogP contribution >= 0.6 is 0 Å². The predicted octanol–water partition coefficient (Wildman–Crippen LogP) is 3.01. The highest BCUT2D eigenvalue weighted by Gasteiger charge is 2.37. The fourth-order valence-corrected chi connectivity index (χ4v) is 2.36. The van der Waals surface area contributed by atoms with E-state index in [-0.39, 0.29) is 42.6 Å². The van der Waals surface area contributed by atoms with Crippen molar-refractivity contribution in [1.82, 2.24) is 10.6 Å². The summed E-state index contributed by atoms with van der Waals surface area (Å²) in [6, 6.07) is -0.476. The zero-order valence-electron chi connectivity index (χ0n) is 15.2. The molecular formula is C17H14F6N2O5. The van der Waals surface area contributed by atoms with E-state index in [9.17, 15) is 40.7 Å². The second kappa shape index (κ2) is 8.63. The van der Waals surface area contributed by atoms with Gasteiger partial charge in [-0.25, -0.2) is 14.4 Å². The Morgan fingerprint density at radius 2 is 1.53 bits per heavy atom. The lowest BCUT2D eigenvalue weighted by atomic mass is 10.0. The van der Waals surface area contributed by atoms with E-state index in [4.69, 9.17) is 9.47 Å². The van der Waals surface area contributed by atoms with Crippen LogP contribution in [0.25, 0.3) is 0 Å². The fourth-order valence-electron chi connectivity index (χ4n) is 2.36. The molecule has 164 valence electrons. The number of benzene rings is 1. The average molecular weight is 440 g/mol. The summed E-state index contributed by atoms with van der Waals surface area (Å²) < 4.78 is 86.9. The van der Waals surface area contributed by atoms with Gasteiger partial charge in [0, 0.05) is 0 Å². The number of nitrogens with one attached hydrogen (secondary N) is 2. The van der Waals surface area contributed by atoms with Gasteiger partial charge in [-0.15, -0.1) is 0 Å². The fraction of sp³-hybridized carbons (Fsp3) is 0.353. The molecule has 0 unspecified atom stereocenters. The Kier molecular flexibility index (Phi) is 6.63. The van der Waals surface area contributed by atoms with Crippen molar-refractivity contribution in [3.8, 4) is 0 Å². The largest absolute Gasteiger partial charge is 0.463 e. The van der Waals surface area contributed by atoms with E-state index in [0.717, 1.165) is 0 Å². The number of hydrogen-bond donors (Lipinski definition) is 2. The molecule has 1 aromatic rings. The summed E-state index contributed by atoms with van der Waals surface area (Å²) in [7, 11) is 0. The number of carbonyl (C=O) groups is 3. The topological polar surface area (TPSA) is 93.7 Å². The maximum absolute atomic E-state index is 12.9. The molecule has 2 N–H and O–H groups in total. The van der Waals surface area contributed by atoms with Gasteiger partial charge in [-0.05, 0) is 25.1 Å². The van der Waals surface area contributed by atoms with Crippen molar-refractivity contribution in [3.05, 3.63) is 46.2 Å². The molecule has 0 spiro atoms. The molecule has 0 saturated carbocycles. The smallest absolute Gasteiger partial charge is 0.416 e. The molecule has 0 aliphatic carbocycles. The Labute approximate surface area is 165 Å². The number of alkyl halides is 6. The molecule has 30 heavy (non-hydrogen) atoms. The highest BCUT2D eigenvalue weighted by molar-refractivity contribution is 5.94. The van der Waals surface area contributed by atoms with E-state index in [1.807, 2.05) is 0 Å². The first-order valence-electron chi connectivity index (χ1n) is 8.23. The Morgan fingerprint density at radius 1 is 0.967 bits per heavy atom. The van der Waals surface area contributed by atoms with E-state index in [1.54, 1.807) is 0 Å². The average Bonchev–Trinajstić information content (AvgIpc) is 2.64. The van der Waals surface area contributed by atoms with Crippen LogP contribution in [0.15, 0.2) is 29.5 Å². The third-order valence-corrected chi connectivity index (χ3v) is 3.75. The van der Waals surface area contributed by atoms with Crippen molar-refractivity contribution in [3.63, 3.8) is 0 Å². The van der Waals surface area contributed by atoms with Crippen LogP contribution in [0.4, 0.5) is 31.1 Å². The minimum Gasteiger partial charge on any atom is -0.463 e. The first-order chi connectivity index (χ1) is 13.8. The number of amides is 2. The molecule has 2 rings (SSSR count). The molecule has 7 nitrogen and oxygen atoms in total. The molecule has 1 aliphatic heterocycles. The monoisotopic (exact) mass is 440 g/mol. The number of urea groups is 1. The van der Waals surface area contributed by atoms with Gasteiger partial charge in [-0.1, -0.05) is 0 Å². The molecule has 1 aromatic carbocycles. The first-order valence-corrected chi connectivity index (χ1v) is 8.23. The lowest BCUT2D eigenvalue weighted by Crippen LogP contribution is -2.45. The predicted molar refractivity (Wildman–Crippen MR) is 86.9 cm³/mol. The van der Waals surface area contributed by atoms with E-state index in [0.29, 0.717) is 0 Å². The van der Waals surface area contributed by atoms with E-state index in [1.165, 1.54) is 6.92 Å². The van der Waals surface area contributed by atoms with Crippen molar-refractivity contribution in [2.24, 2.45) is 0 Å². The third kappa shape index (κ3) is 5.64. The zero-order chi connectivity index (χ0) is 22.7. The van der Waals surface area contributed by atoms with E-state index >= 15 is 0 Å². The normalized spacial score (nSPS) is 14.7. The summed E-state index contributed by atoms with van der Waals surface area (Å²) in [4.78, 5) is 35.4. The van der Waals surface area contributed by atoms with Crippen molar-refractivity contribution in [2.45, 2.75) is 19.3 Å². The van der Waals surface area contributed by atoms with Gasteiger partial charge in [-0.2, -0.15) is 26.3 Å². The van der Waals surface area contributed by atoms with Crippen LogP contribution in [-0.2, 0) is 26.6 Å². The summed E-state index contributed by atoms with van der Waals surface area (Å²) in [5.74, 6) is -2.37. The van der Waals surface area contributed by atoms with Gasteiger partial charge in [0.05, 0.1) is 41.1 Å². The molecule has 0 saturated heterocycles. The van der Waals surface area contributed by atoms with Crippen LogP contribution in [0.1, 0.15) is 28.4 Å². The standard InChI is InChI=1S/C17H14F6N2O5/c1-2-29-14(27)11-6-24-15(28)25-12(11)7-30-13(26)8-3-9(16(18,19)20)5-10(4-8)17(21,22)23/h3-5H,2,6-7H2,1H3,(H2,24,25,28). The lowest BCUT2D eigenvalue weighted by Gasteiger charge is -2.21. The molecule has 2 amide bonds. The Hall–Kier alpha value is -3.25. The summed E-state index contributed by atoms with van der Waals surface area (Å²) >= 11 is 0. The second-order valence-corrected chi connectivity index (χ2v) is 5.86. The van der Waals surface area contributed by atoms with Gasteiger partial charge in [0.2, 0.25) is 0 Å². The van der Waals surface area contributed by atoms with Gasteiger partial charge < -0.3 is 20.1 Å². The van der Waals surface area contributed by atoms with Crippen molar-refractivity contribution < 1.29 is 50.2 Å². The van der Waals surface area contributed by atoms with Crippen LogP contribution in [0.5, 0.6) is 0 Å². The summed E-state index contributed by atoms with van der Waals surface area (Å²) in [5.41, 5.74) is -4.72. The van der Waals surface area contributed by atoms with E-state index in [2.05, 4.69) is 10.6 Å². The van der Waals surface area contributed by atoms with Gasteiger partial charge in [0.1, 0.15) is 6.61 Å². The Balaban J connectivity index is 2.30. The van der Waals surface area contributed by atoms with E-state index < -0.39 is 53.6 Å². The highest BCUT2D eigenvalue weighted by Crippen LogP contribution is 2.36. The molecule has 0 aromatic heterocycles. The van der Waals surface area contributed by atoms with Gasteiger partial charge in [-0.3, -0.25) is 0 Å². The Morgan fingerprint density at radius 3 is 2.03 bits per heavy atom. The highest BCUT2D eigenvalue weighted by atomic mass is 19.4. The molecule has 1 heterocycles. The van der Waals surface area contributed by atoms with Crippen molar-refractivity contribution in [1.29, 1.82) is 0 Å². The van der Waals surface area contributed by atoms with Crippen LogP contribution in [0.2, 0.25) is 0 Å². The van der Waals surface area contributed by atoms with Crippen molar-refractivity contribution in [2.75, 3.05) is 19.8 Å². The molecule has 0 atom stereocenters. The second-order valence-electron chi connectivity index (χ2n) is 5.86. The number of hydrogen-bond acceptors (Lipinski definition) is 5. The summed E-state index contributed by atoms with van der Waals surface area (Å²) in [6.07, 6.45) is -10.3. The molecule has 0 bridgehead atoms. The molecule has 1 aliphatic rings. The number of rotatable bonds is 5. The quantitative estimate of drug-likeness (QED) is 0.543. The lowest BCUT2D eigenvalue weighted by molar-refractivity contribution is -0.143. The molecular weight excluding hydrogens is 426 g/mol. The van der Waals surface area contributed by atoms with Crippen LogP contribution in [0.3, 0.4) is 0 Å². The number of halogens is 6. The molecule has 13 heteroatoms. The van der Waals surface area contributed by atoms with Crippen LogP contribution < -0.4 is 10.6 Å². The van der Waals surface area contributed by atoms with Gasteiger partial charge in [0.25, 0.3) is 0 Å². The van der Waals surface area contributed by atoms with Gasteiger partial charge >= 0.3 is 30.3 Å². The minimum atomic E-state index is -5.14. The van der Waals surface area contributed by atoms with Crippen LogP contribution in [0, 0.1) is 0 Å². The number of ether oxygens (including phenoxy) is 2. The zero-order valence-corrected chi connectivity index (χ0v) is 15.2. The first kappa shape index (κ1) is 23.0. The molecule has 0 radical (unpaired) electrons. The number of esters is 2. The van der Waals surface area contributed by atoms with Gasteiger partial charge in [0.15, 0.2) is 0 Å². The minimum absolute atomic E-state index is 0.00615. The molecule has 0 fully saturated rings. The summed E-state index contributed by atoms with van der Waals surface area (Å²) in [6.45, 7) is 0.435. The maximum atomic E-state index is 12.9. The van der Waals surface area contributed by atoms with Crippen molar-refractivity contribution >= 4 is 18.0 Å². The Bertz CT molecular complexity index is 859. The van der Waals surface area contributed by atoms with Crippen LogP contribution in [-0.4, -0.2) is 37.7 Å². The number of carbonyl (C=O) groups excluding carboxylic acids is 3. The third-order valence-electron chi connectivity index (χ3n) is 3.75. The maximum Gasteiger partial charge on any atom is 0.416 e. The SMILES string of the molecule is CCOC(=O)C1=C(COC(=O)c2cc(C(F)(F)F)cc(C(F)(F)F)c2)NC(=O)NC1.